The Labute approximate surface area is 170 Å². The highest BCUT2D eigenvalue weighted by atomic mass is 32.2. The van der Waals surface area contributed by atoms with Gasteiger partial charge in [-0.25, -0.2) is 13.8 Å². The third kappa shape index (κ3) is 3.97. The van der Waals surface area contributed by atoms with Gasteiger partial charge in [-0.05, 0) is 24.3 Å². The van der Waals surface area contributed by atoms with E-state index in [0.717, 1.165) is 16.4 Å². The Kier molecular flexibility index (Phi) is 5.37. The predicted molar refractivity (Wildman–Crippen MR) is 105 cm³/mol. The van der Waals surface area contributed by atoms with Crippen molar-refractivity contribution in [1.82, 2.24) is 14.3 Å². The van der Waals surface area contributed by atoms with Crippen molar-refractivity contribution in [1.29, 1.82) is 0 Å². The number of H-pyrrole nitrogens is 1. The van der Waals surface area contributed by atoms with Gasteiger partial charge in [0, 0.05) is 30.9 Å². The van der Waals surface area contributed by atoms with Crippen molar-refractivity contribution in [3.8, 4) is 0 Å². The highest BCUT2D eigenvalue weighted by Gasteiger charge is 2.26. The Balaban J connectivity index is 1.58. The van der Waals surface area contributed by atoms with E-state index in [9.17, 15) is 22.0 Å². The Hall–Kier alpha value is -3.09. The van der Waals surface area contributed by atoms with Crippen molar-refractivity contribution < 1.29 is 26.7 Å². The molecule has 3 aromatic rings. The average molecular weight is 437 g/mol. The van der Waals surface area contributed by atoms with Gasteiger partial charge in [-0.15, -0.1) is 0 Å². The molecular formula is C18H17F2N5O4S. The Bertz CT molecular complexity index is 1210. The molecule has 3 heterocycles. The lowest BCUT2D eigenvalue weighted by Gasteiger charge is -2.26. The first kappa shape index (κ1) is 20.2. The summed E-state index contributed by atoms with van der Waals surface area (Å²) >= 11 is 0. The first-order valence-corrected chi connectivity index (χ1v) is 10.4. The maximum Gasteiger partial charge on any atom is 0.301 e. The number of hydrogen-bond acceptors (Lipinski definition) is 5. The summed E-state index contributed by atoms with van der Waals surface area (Å²) in [6.45, 7) is 0.647. The van der Waals surface area contributed by atoms with E-state index < -0.39 is 39.1 Å². The van der Waals surface area contributed by atoms with E-state index in [0.29, 0.717) is 11.0 Å². The third-order valence-corrected chi connectivity index (χ3v) is 6.06. The fourth-order valence-electron chi connectivity index (χ4n) is 2.99. The topological polar surface area (TPSA) is 116 Å². The van der Waals surface area contributed by atoms with Gasteiger partial charge in [0.15, 0.2) is 5.82 Å². The second-order valence-corrected chi connectivity index (χ2v) is 8.17. The molecule has 0 atom stereocenters. The van der Waals surface area contributed by atoms with E-state index in [-0.39, 0.29) is 31.9 Å². The summed E-state index contributed by atoms with van der Waals surface area (Å²) in [5.74, 6) is -3.08. The van der Waals surface area contributed by atoms with Gasteiger partial charge < -0.3 is 15.0 Å². The van der Waals surface area contributed by atoms with Crippen LogP contribution in [0.25, 0.3) is 11.0 Å². The molecule has 158 valence electrons. The minimum Gasteiger partial charge on any atom is -0.379 e. The Morgan fingerprint density at radius 2 is 1.97 bits per heavy atom. The molecule has 9 nitrogen and oxygen atoms in total. The molecule has 1 fully saturated rings. The number of hydrogen-bond donors (Lipinski definition) is 3. The average Bonchev–Trinajstić information content (AvgIpc) is 3.21. The van der Waals surface area contributed by atoms with Gasteiger partial charge in [0.2, 0.25) is 0 Å². The number of anilines is 2. The second-order valence-electron chi connectivity index (χ2n) is 6.50. The number of rotatable bonds is 5. The molecule has 4 rings (SSSR count). The van der Waals surface area contributed by atoms with Crippen molar-refractivity contribution in [2.24, 2.45) is 0 Å². The lowest BCUT2D eigenvalue weighted by atomic mass is 10.2. The van der Waals surface area contributed by atoms with Crippen LogP contribution in [-0.4, -0.2) is 54.9 Å². The molecule has 0 unspecified atom stereocenters. The molecule has 12 heteroatoms. The molecule has 1 aliphatic heterocycles. The number of ether oxygens (including phenoxy) is 1. The SMILES string of the molecule is O=C(Nc1c(F)ccc(NS(=O)(=O)N2CCOCC2)c1F)c1cnc2[nH]ccc2c1. The summed E-state index contributed by atoms with van der Waals surface area (Å²) in [5.41, 5.74) is -0.614. The maximum atomic E-state index is 14.9. The number of aromatic amines is 1. The third-order valence-electron chi connectivity index (χ3n) is 4.54. The van der Waals surface area contributed by atoms with Gasteiger partial charge in [0.25, 0.3) is 5.91 Å². The molecule has 0 bridgehead atoms. The van der Waals surface area contributed by atoms with Crippen LogP contribution in [0.15, 0.2) is 36.7 Å². The van der Waals surface area contributed by atoms with Gasteiger partial charge >= 0.3 is 10.2 Å². The summed E-state index contributed by atoms with van der Waals surface area (Å²) in [5, 5.41) is 2.80. The number of carbonyl (C=O) groups excluding carboxylic acids is 1. The van der Waals surface area contributed by atoms with Crippen LogP contribution in [0.1, 0.15) is 10.4 Å². The summed E-state index contributed by atoms with van der Waals surface area (Å²) < 4.78 is 62.3. The number of fused-ring (bicyclic) bond motifs is 1. The van der Waals surface area contributed by atoms with Crippen LogP contribution in [0.5, 0.6) is 0 Å². The van der Waals surface area contributed by atoms with Crippen LogP contribution in [-0.2, 0) is 14.9 Å². The fourth-order valence-corrected chi connectivity index (χ4v) is 4.18. The Morgan fingerprint density at radius 1 is 1.20 bits per heavy atom. The molecule has 1 saturated heterocycles. The van der Waals surface area contributed by atoms with E-state index in [1.165, 1.54) is 12.3 Å². The molecule has 30 heavy (non-hydrogen) atoms. The first-order valence-electron chi connectivity index (χ1n) is 8.93. The van der Waals surface area contributed by atoms with Crippen LogP contribution < -0.4 is 10.0 Å². The molecule has 0 aliphatic carbocycles. The standard InChI is InChI=1S/C18H17F2N5O4S/c19-13-1-2-14(24-30(27,28)25-5-7-29-8-6-25)15(20)16(13)23-18(26)12-9-11-3-4-21-17(11)22-10-12/h1-4,9-10,24H,5-8H2,(H,21,22)(H,23,26). The van der Waals surface area contributed by atoms with Crippen molar-refractivity contribution in [3.05, 3.63) is 53.9 Å². The first-order chi connectivity index (χ1) is 14.3. The van der Waals surface area contributed by atoms with Gasteiger partial charge in [0.05, 0.1) is 24.5 Å². The highest BCUT2D eigenvalue weighted by molar-refractivity contribution is 7.90. The Morgan fingerprint density at radius 3 is 2.73 bits per heavy atom. The molecular weight excluding hydrogens is 420 g/mol. The molecule has 0 radical (unpaired) electrons. The van der Waals surface area contributed by atoms with Crippen LogP contribution in [0.3, 0.4) is 0 Å². The van der Waals surface area contributed by atoms with E-state index in [1.54, 1.807) is 12.3 Å². The van der Waals surface area contributed by atoms with Crippen molar-refractivity contribution in [2.45, 2.75) is 0 Å². The lowest BCUT2D eigenvalue weighted by Crippen LogP contribution is -2.43. The molecule has 1 amide bonds. The van der Waals surface area contributed by atoms with Crippen LogP contribution in [0.4, 0.5) is 20.2 Å². The lowest BCUT2D eigenvalue weighted by molar-refractivity contribution is 0.0733. The number of nitrogens with zero attached hydrogens (tertiary/aromatic N) is 2. The number of carbonyl (C=O) groups is 1. The van der Waals surface area contributed by atoms with E-state index in [2.05, 4.69) is 20.0 Å². The van der Waals surface area contributed by atoms with E-state index >= 15 is 0 Å². The zero-order chi connectivity index (χ0) is 21.3. The summed E-state index contributed by atoms with van der Waals surface area (Å²) in [4.78, 5) is 19.4. The zero-order valence-electron chi connectivity index (χ0n) is 15.5. The fraction of sp³-hybridized carbons (Fsp3) is 0.222. The van der Waals surface area contributed by atoms with Crippen molar-refractivity contribution in [3.63, 3.8) is 0 Å². The smallest absolute Gasteiger partial charge is 0.301 e. The highest BCUT2D eigenvalue weighted by Crippen LogP contribution is 2.28. The minimum atomic E-state index is -4.07. The molecule has 3 N–H and O–H groups in total. The van der Waals surface area contributed by atoms with Crippen LogP contribution in [0, 0.1) is 11.6 Å². The molecule has 1 aliphatic rings. The van der Waals surface area contributed by atoms with Gasteiger partial charge in [0.1, 0.15) is 17.2 Å². The number of halogens is 2. The minimum absolute atomic E-state index is 0.0835. The number of morpholine rings is 1. The van der Waals surface area contributed by atoms with Gasteiger partial charge in [-0.1, -0.05) is 0 Å². The summed E-state index contributed by atoms with van der Waals surface area (Å²) in [7, 11) is -4.07. The monoisotopic (exact) mass is 437 g/mol. The zero-order valence-corrected chi connectivity index (χ0v) is 16.3. The molecule has 1 aromatic carbocycles. The largest absolute Gasteiger partial charge is 0.379 e. The number of pyridine rings is 1. The molecule has 2 aromatic heterocycles. The molecule has 0 saturated carbocycles. The second kappa shape index (κ2) is 7.97. The number of aromatic nitrogens is 2. The number of amides is 1. The number of benzene rings is 1. The summed E-state index contributed by atoms with van der Waals surface area (Å²) in [6, 6.07) is 5.02. The van der Waals surface area contributed by atoms with Crippen molar-refractivity contribution in [2.75, 3.05) is 36.3 Å². The number of nitrogens with one attached hydrogen (secondary N) is 3. The maximum absolute atomic E-state index is 14.9. The van der Waals surface area contributed by atoms with E-state index in [1.807, 2.05) is 0 Å². The predicted octanol–water partition coefficient (Wildman–Crippen LogP) is 2.08. The van der Waals surface area contributed by atoms with Crippen LogP contribution >= 0.6 is 0 Å². The summed E-state index contributed by atoms with van der Waals surface area (Å²) in [6.07, 6.45) is 2.90. The van der Waals surface area contributed by atoms with Crippen LogP contribution in [0.2, 0.25) is 0 Å². The van der Waals surface area contributed by atoms with E-state index in [4.69, 9.17) is 4.74 Å². The van der Waals surface area contributed by atoms with Gasteiger partial charge in [-0.2, -0.15) is 12.7 Å². The normalized spacial score (nSPS) is 15.3. The quantitative estimate of drug-likeness (QED) is 0.565. The molecule has 0 spiro atoms. The van der Waals surface area contributed by atoms with Crippen molar-refractivity contribution >= 4 is 38.5 Å². The van der Waals surface area contributed by atoms with Gasteiger partial charge in [-0.3, -0.25) is 9.52 Å².